The molecule has 0 fully saturated rings. The minimum Gasteiger partial charge on any atom is -0.436 e. The third-order valence-corrected chi connectivity index (χ3v) is 9.47. The van der Waals surface area contributed by atoms with Gasteiger partial charge in [-0.15, -0.1) is 0 Å². The molecule has 9 rings (SSSR count). The standard InChI is InChI=1S/C48H32N2O/c1-3-8-33(9-4-1)35-15-19-40(20-16-35)44-30-45(41-25-21-36(22-26-41)34-10-5-2-6-11-34)47-46(31-44)51-48(50-47)42-27-23-38(24-28-42)37-13-17-39(18-14-37)43-12-7-29-49-32-43/h1-32H. The SMILES string of the molecule is c1ccc(-c2ccc(-c3cc(-c4ccc(-c5ccccc5)cc4)c4nc(-c5ccc(-c6ccc(-c7cccnc7)cc6)cc5)oc4c3)cc2)cc1. The predicted octanol–water partition coefficient (Wildman–Crippen LogP) is 12.9. The van der Waals surface area contributed by atoms with E-state index in [1.165, 1.54) is 22.3 Å². The average Bonchev–Trinajstić information content (AvgIpc) is 3.66. The fraction of sp³-hybridized carbons (Fsp3) is 0. The molecule has 2 heterocycles. The Morgan fingerprint density at radius 1 is 0.333 bits per heavy atom. The molecule has 0 unspecified atom stereocenters. The van der Waals surface area contributed by atoms with Crippen molar-refractivity contribution in [1.82, 2.24) is 9.97 Å². The Kier molecular flexibility index (Phi) is 7.84. The lowest BCUT2D eigenvalue weighted by molar-refractivity contribution is 0.620. The maximum Gasteiger partial charge on any atom is 0.227 e. The van der Waals surface area contributed by atoms with Gasteiger partial charge in [0, 0.05) is 23.5 Å². The van der Waals surface area contributed by atoms with Crippen LogP contribution in [0.2, 0.25) is 0 Å². The zero-order valence-electron chi connectivity index (χ0n) is 27.8. The summed E-state index contributed by atoms with van der Waals surface area (Å²) in [6, 6.07) is 63.8. The molecule has 0 N–H and O–H groups in total. The molecule has 0 aliphatic carbocycles. The Morgan fingerprint density at radius 3 is 1.24 bits per heavy atom. The smallest absolute Gasteiger partial charge is 0.227 e. The highest BCUT2D eigenvalue weighted by Crippen LogP contribution is 2.38. The lowest BCUT2D eigenvalue weighted by Gasteiger charge is -2.09. The van der Waals surface area contributed by atoms with Crippen LogP contribution in [-0.2, 0) is 0 Å². The van der Waals surface area contributed by atoms with Gasteiger partial charge in [0.15, 0.2) is 5.58 Å². The minimum atomic E-state index is 0.599. The van der Waals surface area contributed by atoms with Gasteiger partial charge in [0.05, 0.1) is 0 Å². The highest BCUT2D eigenvalue weighted by molar-refractivity contribution is 5.96. The number of hydrogen-bond donors (Lipinski definition) is 0. The van der Waals surface area contributed by atoms with Gasteiger partial charge in [0.1, 0.15) is 5.52 Å². The molecule has 0 bridgehead atoms. The summed E-state index contributed by atoms with van der Waals surface area (Å²) < 4.78 is 6.56. The second kappa shape index (κ2) is 13.2. The lowest BCUT2D eigenvalue weighted by atomic mass is 9.95. The number of hydrogen-bond acceptors (Lipinski definition) is 3. The average molecular weight is 653 g/mol. The Bertz CT molecular complexity index is 2560. The van der Waals surface area contributed by atoms with Crippen LogP contribution < -0.4 is 0 Å². The van der Waals surface area contributed by atoms with Crippen molar-refractivity contribution in [3.05, 3.63) is 194 Å². The van der Waals surface area contributed by atoms with Gasteiger partial charge in [0.25, 0.3) is 0 Å². The number of rotatable bonds is 7. The van der Waals surface area contributed by atoms with Crippen LogP contribution in [0.4, 0.5) is 0 Å². The molecule has 3 nitrogen and oxygen atoms in total. The summed E-state index contributed by atoms with van der Waals surface area (Å²) >= 11 is 0. The van der Waals surface area contributed by atoms with Crippen LogP contribution in [0.1, 0.15) is 0 Å². The topological polar surface area (TPSA) is 38.9 Å². The first-order valence-electron chi connectivity index (χ1n) is 17.1. The molecule has 0 aliphatic rings. The van der Waals surface area contributed by atoms with E-state index in [-0.39, 0.29) is 0 Å². The van der Waals surface area contributed by atoms with Crippen molar-refractivity contribution >= 4 is 11.1 Å². The van der Waals surface area contributed by atoms with Crippen molar-refractivity contribution in [2.45, 2.75) is 0 Å². The van der Waals surface area contributed by atoms with E-state index in [0.29, 0.717) is 5.89 Å². The van der Waals surface area contributed by atoms with Gasteiger partial charge in [-0.2, -0.15) is 0 Å². The fourth-order valence-corrected chi connectivity index (χ4v) is 6.69. The summed E-state index contributed by atoms with van der Waals surface area (Å²) in [5.74, 6) is 0.599. The number of benzene rings is 7. The lowest BCUT2D eigenvalue weighted by Crippen LogP contribution is -1.86. The number of fused-ring (bicyclic) bond motifs is 1. The quantitative estimate of drug-likeness (QED) is 0.172. The third kappa shape index (κ3) is 6.14. The summed E-state index contributed by atoms with van der Waals surface area (Å²) in [6.45, 7) is 0. The molecule has 0 spiro atoms. The van der Waals surface area contributed by atoms with Gasteiger partial charge in [-0.05, 0) is 91.5 Å². The zero-order chi connectivity index (χ0) is 34.0. The largest absolute Gasteiger partial charge is 0.436 e. The molecular weight excluding hydrogens is 621 g/mol. The monoisotopic (exact) mass is 652 g/mol. The second-order valence-electron chi connectivity index (χ2n) is 12.7. The fourth-order valence-electron chi connectivity index (χ4n) is 6.69. The molecule has 3 heteroatoms. The molecule has 2 aromatic heterocycles. The Balaban J connectivity index is 1.08. The van der Waals surface area contributed by atoms with E-state index < -0.39 is 0 Å². The molecule has 0 aliphatic heterocycles. The van der Waals surface area contributed by atoms with Crippen LogP contribution in [0.15, 0.2) is 199 Å². The van der Waals surface area contributed by atoms with Crippen LogP contribution in [0.5, 0.6) is 0 Å². The molecule has 0 saturated carbocycles. The molecular formula is C48H32N2O. The number of oxazole rings is 1. The first-order valence-corrected chi connectivity index (χ1v) is 17.1. The second-order valence-corrected chi connectivity index (χ2v) is 12.7. The molecule has 0 radical (unpaired) electrons. The van der Waals surface area contributed by atoms with E-state index in [2.05, 4.69) is 169 Å². The van der Waals surface area contributed by atoms with Gasteiger partial charge in [-0.1, -0.05) is 152 Å². The number of pyridine rings is 1. The summed E-state index contributed by atoms with van der Waals surface area (Å²) in [5.41, 5.74) is 16.2. The van der Waals surface area contributed by atoms with Crippen molar-refractivity contribution in [1.29, 1.82) is 0 Å². The van der Waals surface area contributed by atoms with E-state index in [1.54, 1.807) is 6.20 Å². The highest BCUT2D eigenvalue weighted by Gasteiger charge is 2.16. The van der Waals surface area contributed by atoms with Crippen molar-refractivity contribution in [3.63, 3.8) is 0 Å². The summed E-state index contributed by atoms with van der Waals surface area (Å²) in [5, 5.41) is 0. The summed E-state index contributed by atoms with van der Waals surface area (Å²) in [4.78, 5) is 9.36. The molecule has 51 heavy (non-hydrogen) atoms. The predicted molar refractivity (Wildman–Crippen MR) is 210 cm³/mol. The highest BCUT2D eigenvalue weighted by atomic mass is 16.3. The van der Waals surface area contributed by atoms with Crippen LogP contribution in [0.3, 0.4) is 0 Å². The van der Waals surface area contributed by atoms with Gasteiger partial charge < -0.3 is 4.42 Å². The first-order chi connectivity index (χ1) is 25.2. The molecule has 0 saturated heterocycles. The Labute approximate surface area is 297 Å². The molecule has 240 valence electrons. The number of aromatic nitrogens is 2. The van der Waals surface area contributed by atoms with Crippen molar-refractivity contribution in [2.24, 2.45) is 0 Å². The van der Waals surface area contributed by atoms with Crippen LogP contribution >= 0.6 is 0 Å². The molecule has 9 aromatic rings. The summed E-state index contributed by atoms with van der Waals surface area (Å²) in [6.07, 6.45) is 3.68. The minimum absolute atomic E-state index is 0.599. The van der Waals surface area contributed by atoms with Crippen LogP contribution in [-0.4, -0.2) is 9.97 Å². The van der Waals surface area contributed by atoms with E-state index in [1.807, 2.05) is 24.4 Å². The van der Waals surface area contributed by atoms with E-state index in [9.17, 15) is 0 Å². The van der Waals surface area contributed by atoms with E-state index >= 15 is 0 Å². The maximum absolute atomic E-state index is 6.56. The van der Waals surface area contributed by atoms with E-state index in [4.69, 9.17) is 9.40 Å². The molecule has 0 amide bonds. The van der Waals surface area contributed by atoms with Crippen molar-refractivity contribution in [3.8, 4) is 78.2 Å². The number of nitrogens with zero attached hydrogens (tertiary/aromatic N) is 2. The molecule has 7 aromatic carbocycles. The Morgan fingerprint density at radius 2 is 0.745 bits per heavy atom. The first kappa shape index (κ1) is 30.2. The van der Waals surface area contributed by atoms with Crippen molar-refractivity contribution < 1.29 is 4.42 Å². The van der Waals surface area contributed by atoms with Crippen LogP contribution in [0, 0.1) is 0 Å². The van der Waals surface area contributed by atoms with Gasteiger partial charge in [0.2, 0.25) is 5.89 Å². The van der Waals surface area contributed by atoms with Gasteiger partial charge in [-0.25, -0.2) is 4.98 Å². The summed E-state index contributed by atoms with van der Waals surface area (Å²) in [7, 11) is 0. The normalized spacial score (nSPS) is 11.1. The maximum atomic E-state index is 6.56. The van der Waals surface area contributed by atoms with E-state index in [0.717, 1.165) is 61.2 Å². The molecule has 0 atom stereocenters. The van der Waals surface area contributed by atoms with Crippen LogP contribution in [0.25, 0.3) is 89.3 Å². The Hall–Kier alpha value is -6.84. The van der Waals surface area contributed by atoms with Gasteiger partial charge >= 0.3 is 0 Å². The zero-order valence-corrected chi connectivity index (χ0v) is 27.8. The van der Waals surface area contributed by atoms with Crippen molar-refractivity contribution in [2.75, 3.05) is 0 Å². The van der Waals surface area contributed by atoms with Gasteiger partial charge in [-0.3, -0.25) is 4.98 Å². The third-order valence-electron chi connectivity index (χ3n) is 9.47.